The molecule has 0 radical (unpaired) electrons. The molecule has 1 atom stereocenters. The summed E-state index contributed by atoms with van der Waals surface area (Å²) in [5.74, 6) is -1.16. The summed E-state index contributed by atoms with van der Waals surface area (Å²) in [5, 5.41) is 17.2. The van der Waals surface area contributed by atoms with Gasteiger partial charge < -0.3 is 16.0 Å². The maximum absolute atomic E-state index is 14.6. The fourth-order valence-electron chi connectivity index (χ4n) is 3.47. The molecule has 3 rings (SSSR count). The first kappa shape index (κ1) is 24.0. The predicted molar refractivity (Wildman–Crippen MR) is 124 cm³/mol. The molecule has 0 saturated heterocycles. The third-order valence-electron chi connectivity index (χ3n) is 5.15. The minimum absolute atomic E-state index is 0.0192. The first-order valence-electron chi connectivity index (χ1n) is 10.1. The van der Waals surface area contributed by atoms with E-state index in [0.717, 1.165) is 23.8 Å². The minimum atomic E-state index is -1.02. The number of urea groups is 1. The van der Waals surface area contributed by atoms with Crippen LogP contribution in [0.25, 0.3) is 0 Å². The number of nitriles is 1. The van der Waals surface area contributed by atoms with Crippen molar-refractivity contribution in [2.24, 2.45) is 15.8 Å². The van der Waals surface area contributed by atoms with Gasteiger partial charge in [0.05, 0.1) is 0 Å². The molecule has 0 saturated carbocycles. The number of nitrogens with zero attached hydrogens (tertiary/aromatic N) is 5. The lowest BCUT2D eigenvalue weighted by atomic mass is 10.0. The zero-order valence-corrected chi connectivity index (χ0v) is 18.9. The maximum Gasteiger partial charge on any atom is 0.339 e. The monoisotopic (exact) mass is 471 g/mol. The Kier molecular flexibility index (Phi) is 7.50. The molecule has 1 heterocycles. The van der Waals surface area contributed by atoms with Crippen LogP contribution in [0.2, 0.25) is 0 Å². The first-order valence-corrected chi connectivity index (χ1v) is 10.9. The molecule has 3 N–H and O–H groups in total. The Labute approximate surface area is 194 Å². The smallest absolute Gasteiger partial charge is 0.339 e. The standard InChI is InChI=1S/C22H23F2N7OS/c1-27-21(32)31-22(15-7-4-3-5-8-15,11-6-12-30(2)20(26)28-14-25)33-19(29-31)17-13-16(23)9-10-18(17)24/h3-5,7-10,13H,6,11-12H2,1-2H3,(H2,26,28)(H,27,32). The molecular weight excluding hydrogens is 448 g/mol. The normalized spacial score (nSPS) is 18.0. The average Bonchev–Trinajstić information content (AvgIpc) is 3.21. The predicted octanol–water partition coefficient (Wildman–Crippen LogP) is 3.38. The number of nitrogens with two attached hydrogens (primary N) is 1. The van der Waals surface area contributed by atoms with Crippen molar-refractivity contribution >= 4 is 28.8 Å². The van der Waals surface area contributed by atoms with Gasteiger partial charge in [0.25, 0.3) is 0 Å². The number of amides is 2. The average molecular weight is 472 g/mol. The van der Waals surface area contributed by atoms with Crippen molar-refractivity contribution in [3.05, 3.63) is 71.3 Å². The SMILES string of the molecule is CNC(=O)N1N=C(c2cc(F)ccc2F)SC1(CCCN(C)C(N)=NC#N)c1ccccc1. The molecule has 2 aromatic rings. The van der Waals surface area contributed by atoms with Crippen LogP contribution in [0.4, 0.5) is 13.6 Å². The zero-order valence-electron chi connectivity index (χ0n) is 18.1. The number of guanidine groups is 1. The largest absolute Gasteiger partial charge is 0.369 e. The minimum Gasteiger partial charge on any atom is -0.369 e. The van der Waals surface area contributed by atoms with Gasteiger partial charge in [-0.1, -0.05) is 42.1 Å². The number of aliphatic imine (C=N–C) groups is 1. The Morgan fingerprint density at radius 1 is 1.33 bits per heavy atom. The molecule has 0 spiro atoms. The van der Waals surface area contributed by atoms with E-state index in [0.29, 0.717) is 19.4 Å². The number of halogens is 2. The van der Waals surface area contributed by atoms with Crippen molar-refractivity contribution in [3.63, 3.8) is 0 Å². The van der Waals surface area contributed by atoms with Crippen molar-refractivity contribution in [2.45, 2.75) is 17.7 Å². The van der Waals surface area contributed by atoms with Gasteiger partial charge in [-0.25, -0.2) is 13.6 Å². The first-order chi connectivity index (χ1) is 15.8. The highest BCUT2D eigenvalue weighted by molar-refractivity contribution is 8.15. The third-order valence-corrected chi connectivity index (χ3v) is 6.60. The number of nitrogens with one attached hydrogen (secondary N) is 1. The number of carbonyl (C=O) groups excluding carboxylic acids is 1. The molecule has 2 amide bonds. The van der Waals surface area contributed by atoms with E-state index in [1.54, 1.807) is 18.1 Å². The molecule has 33 heavy (non-hydrogen) atoms. The van der Waals surface area contributed by atoms with E-state index in [1.165, 1.54) is 23.8 Å². The summed E-state index contributed by atoms with van der Waals surface area (Å²) in [6.45, 7) is 0.442. The second kappa shape index (κ2) is 10.3. The zero-order chi connectivity index (χ0) is 24.0. The summed E-state index contributed by atoms with van der Waals surface area (Å²) in [4.78, 5) is 17.0. The van der Waals surface area contributed by atoms with Crippen molar-refractivity contribution in [3.8, 4) is 6.19 Å². The van der Waals surface area contributed by atoms with Crippen LogP contribution in [0.3, 0.4) is 0 Å². The van der Waals surface area contributed by atoms with Gasteiger partial charge in [-0.3, -0.25) is 0 Å². The highest BCUT2D eigenvalue weighted by Crippen LogP contribution is 2.50. The molecule has 0 fully saturated rings. The van der Waals surface area contributed by atoms with E-state index < -0.39 is 22.5 Å². The number of benzene rings is 2. The summed E-state index contributed by atoms with van der Waals surface area (Å²) in [6.07, 6.45) is 2.58. The van der Waals surface area contributed by atoms with E-state index in [2.05, 4.69) is 15.4 Å². The molecule has 2 aromatic carbocycles. The summed E-state index contributed by atoms with van der Waals surface area (Å²) in [6, 6.07) is 11.9. The second-order valence-corrected chi connectivity index (χ2v) is 8.51. The van der Waals surface area contributed by atoms with Crippen LogP contribution in [0.5, 0.6) is 0 Å². The third kappa shape index (κ3) is 5.06. The molecule has 1 aliphatic rings. The van der Waals surface area contributed by atoms with Crippen LogP contribution >= 0.6 is 11.8 Å². The maximum atomic E-state index is 14.6. The number of hydrogen-bond acceptors (Lipinski definition) is 5. The van der Waals surface area contributed by atoms with Gasteiger partial charge in [0, 0.05) is 26.2 Å². The number of hydrazone groups is 1. The van der Waals surface area contributed by atoms with Gasteiger partial charge in [-0.15, -0.1) is 4.99 Å². The fraction of sp³-hybridized carbons (Fsp3) is 0.273. The topological polar surface area (TPSA) is 110 Å². The van der Waals surface area contributed by atoms with Gasteiger partial charge in [0.15, 0.2) is 0 Å². The molecule has 172 valence electrons. The Morgan fingerprint density at radius 2 is 2.06 bits per heavy atom. The van der Waals surface area contributed by atoms with E-state index in [4.69, 9.17) is 11.0 Å². The van der Waals surface area contributed by atoms with Crippen LogP contribution in [-0.4, -0.2) is 47.6 Å². The summed E-state index contributed by atoms with van der Waals surface area (Å²) >= 11 is 1.19. The second-order valence-electron chi connectivity index (χ2n) is 7.24. The lowest BCUT2D eigenvalue weighted by Gasteiger charge is -2.36. The van der Waals surface area contributed by atoms with Crippen LogP contribution < -0.4 is 11.1 Å². The van der Waals surface area contributed by atoms with E-state index >= 15 is 0 Å². The Bertz CT molecular complexity index is 1120. The van der Waals surface area contributed by atoms with E-state index in [-0.39, 0.29) is 16.6 Å². The molecule has 8 nitrogen and oxygen atoms in total. The van der Waals surface area contributed by atoms with Gasteiger partial charge in [0.2, 0.25) is 12.2 Å². The van der Waals surface area contributed by atoms with Crippen molar-refractivity contribution in [1.82, 2.24) is 15.2 Å². The molecule has 0 aliphatic carbocycles. The number of rotatable bonds is 6. The van der Waals surface area contributed by atoms with Crippen LogP contribution in [0, 0.1) is 23.1 Å². The summed E-state index contributed by atoms with van der Waals surface area (Å²) in [7, 11) is 3.18. The Morgan fingerprint density at radius 3 is 2.73 bits per heavy atom. The van der Waals surface area contributed by atoms with Crippen LogP contribution in [-0.2, 0) is 4.87 Å². The van der Waals surface area contributed by atoms with E-state index in [9.17, 15) is 13.6 Å². The lowest BCUT2D eigenvalue weighted by molar-refractivity contribution is 0.163. The molecular formula is C22H23F2N7OS. The van der Waals surface area contributed by atoms with Crippen molar-refractivity contribution < 1.29 is 13.6 Å². The fourth-order valence-corrected chi connectivity index (χ4v) is 4.89. The highest BCUT2D eigenvalue weighted by Gasteiger charge is 2.48. The summed E-state index contributed by atoms with van der Waals surface area (Å²) in [5.41, 5.74) is 6.52. The number of hydrogen-bond donors (Lipinski definition) is 2. The molecule has 1 aliphatic heterocycles. The van der Waals surface area contributed by atoms with Crippen LogP contribution in [0.1, 0.15) is 24.0 Å². The quantitative estimate of drug-likeness (QED) is 0.381. The molecule has 11 heteroatoms. The number of carbonyl (C=O) groups is 1. The molecule has 0 aromatic heterocycles. The summed E-state index contributed by atoms with van der Waals surface area (Å²) < 4.78 is 28.5. The Hall–Kier alpha value is -3.65. The highest BCUT2D eigenvalue weighted by atomic mass is 32.2. The van der Waals surface area contributed by atoms with Gasteiger partial charge in [-0.2, -0.15) is 15.4 Å². The van der Waals surface area contributed by atoms with Crippen LogP contribution in [0.15, 0.2) is 58.6 Å². The van der Waals surface area contributed by atoms with Gasteiger partial charge in [0.1, 0.15) is 21.5 Å². The molecule has 0 bridgehead atoms. The van der Waals surface area contributed by atoms with Crippen molar-refractivity contribution in [1.29, 1.82) is 5.26 Å². The lowest BCUT2D eigenvalue weighted by Crippen LogP contribution is -2.46. The molecule has 1 unspecified atom stereocenters. The number of thioether (sulfide) groups is 1. The van der Waals surface area contributed by atoms with Gasteiger partial charge in [-0.05, 0) is 36.6 Å². The van der Waals surface area contributed by atoms with Crippen molar-refractivity contribution in [2.75, 3.05) is 20.6 Å². The van der Waals surface area contributed by atoms with Gasteiger partial charge >= 0.3 is 6.03 Å². The Balaban J connectivity index is 2.00. The van der Waals surface area contributed by atoms with E-state index in [1.807, 2.05) is 30.3 Å².